The lowest BCUT2D eigenvalue weighted by atomic mass is 10.0. The average molecular weight is 284 g/mol. The largest absolute Gasteiger partial charge is 0.455 e. The van der Waals surface area contributed by atoms with Crippen LogP contribution in [-0.4, -0.2) is 18.5 Å². The molecule has 5 nitrogen and oxygen atoms in total. The summed E-state index contributed by atoms with van der Waals surface area (Å²) >= 11 is 0. The molecule has 5 heteroatoms. The molecule has 108 valence electrons. The number of ether oxygens (including phenoxy) is 1. The van der Waals surface area contributed by atoms with E-state index >= 15 is 0 Å². The first-order chi connectivity index (χ1) is 10.1. The number of nitrogens with zero attached hydrogens (tertiary/aromatic N) is 2. The number of aryl methyl sites for hydroxylation is 1. The van der Waals surface area contributed by atoms with Crippen LogP contribution < -0.4 is 9.64 Å². The van der Waals surface area contributed by atoms with Gasteiger partial charge in [-0.25, -0.2) is 0 Å². The first kappa shape index (κ1) is 13.4. The highest BCUT2D eigenvalue weighted by Crippen LogP contribution is 2.38. The number of benzene rings is 2. The maximum Gasteiger partial charge on any atom is 0.269 e. The standard InChI is InChI=1S/C16H16N2O3/c1-17-11-3-5-12-4-2-6-15(16(12)17)21-14-9-7-13(8-10-14)18(19)20/h2,4,6-10H,3,5,11H2,1H3. The maximum atomic E-state index is 10.7. The number of nitro groups is 1. The lowest BCUT2D eigenvalue weighted by Crippen LogP contribution is -2.25. The summed E-state index contributed by atoms with van der Waals surface area (Å²) in [6.45, 7) is 1.01. The average Bonchev–Trinajstić information content (AvgIpc) is 2.48. The monoisotopic (exact) mass is 284 g/mol. The number of non-ortho nitro benzene ring substituents is 1. The fraction of sp³-hybridized carbons (Fsp3) is 0.250. The molecule has 3 rings (SSSR count). The molecule has 0 N–H and O–H groups in total. The van der Waals surface area contributed by atoms with E-state index < -0.39 is 4.92 Å². The molecule has 21 heavy (non-hydrogen) atoms. The van der Waals surface area contributed by atoms with Gasteiger partial charge >= 0.3 is 0 Å². The van der Waals surface area contributed by atoms with Gasteiger partial charge < -0.3 is 9.64 Å². The maximum absolute atomic E-state index is 10.7. The third-order valence-corrected chi connectivity index (χ3v) is 3.68. The summed E-state index contributed by atoms with van der Waals surface area (Å²) in [6, 6.07) is 12.2. The molecule has 0 aliphatic carbocycles. The van der Waals surface area contributed by atoms with Crippen LogP contribution in [0.3, 0.4) is 0 Å². The van der Waals surface area contributed by atoms with Crippen molar-refractivity contribution in [3.05, 3.63) is 58.1 Å². The number of hydrogen-bond donors (Lipinski definition) is 0. The molecule has 1 aliphatic heterocycles. The Labute approximate surface area is 122 Å². The van der Waals surface area contributed by atoms with E-state index in [1.807, 2.05) is 12.1 Å². The van der Waals surface area contributed by atoms with Crippen molar-refractivity contribution in [2.24, 2.45) is 0 Å². The summed E-state index contributed by atoms with van der Waals surface area (Å²) in [6.07, 6.45) is 2.20. The zero-order valence-corrected chi connectivity index (χ0v) is 11.8. The van der Waals surface area contributed by atoms with Gasteiger partial charge in [0.2, 0.25) is 0 Å². The van der Waals surface area contributed by atoms with E-state index in [0.717, 1.165) is 30.8 Å². The van der Waals surface area contributed by atoms with Crippen LogP contribution >= 0.6 is 0 Å². The molecule has 0 saturated carbocycles. The number of hydrogen-bond acceptors (Lipinski definition) is 4. The van der Waals surface area contributed by atoms with Gasteiger partial charge in [-0.15, -0.1) is 0 Å². The minimum atomic E-state index is -0.415. The number of rotatable bonds is 3. The highest BCUT2D eigenvalue weighted by molar-refractivity contribution is 5.65. The van der Waals surface area contributed by atoms with Crippen LogP contribution in [0.15, 0.2) is 42.5 Å². The predicted octanol–water partition coefficient (Wildman–Crippen LogP) is 3.77. The summed E-state index contributed by atoms with van der Waals surface area (Å²) in [5, 5.41) is 10.7. The Hall–Kier alpha value is -2.56. The van der Waals surface area contributed by atoms with Gasteiger partial charge in [-0.1, -0.05) is 12.1 Å². The molecule has 2 aromatic rings. The van der Waals surface area contributed by atoms with Crippen molar-refractivity contribution in [1.29, 1.82) is 0 Å². The summed E-state index contributed by atoms with van der Waals surface area (Å²) in [7, 11) is 2.06. The minimum Gasteiger partial charge on any atom is -0.455 e. The van der Waals surface area contributed by atoms with Gasteiger partial charge in [-0.3, -0.25) is 10.1 Å². The molecule has 0 atom stereocenters. The van der Waals surface area contributed by atoms with Gasteiger partial charge in [0.1, 0.15) is 5.75 Å². The number of anilines is 1. The van der Waals surface area contributed by atoms with Crippen LogP contribution in [0, 0.1) is 10.1 Å². The van der Waals surface area contributed by atoms with Crippen molar-refractivity contribution in [2.75, 3.05) is 18.5 Å². The fourth-order valence-corrected chi connectivity index (χ4v) is 2.67. The van der Waals surface area contributed by atoms with Gasteiger partial charge in [-0.2, -0.15) is 0 Å². The lowest BCUT2D eigenvalue weighted by molar-refractivity contribution is -0.384. The topological polar surface area (TPSA) is 55.6 Å². The van der Waals surface area contributed by atoms with Crippen molar-refractivity contribution in [2.45, 2.75) is 12.8 Å². The third-order valence-electron chi connectivity index (χ3n) is 3.68. The van der Waals surface area contributed by atoms with E-state index in [2.05, 4.69) is 18.0 Å². The smallest absolute Gasteiger partial charge is 0.269 e. The van der Waals surface area contributed by atoms with E-state index in [9.17, 15) is 10.1 Å². The molecule has 0 fully saturated rings. The summed E-state index contributed by atoms with van der Waals surface area (Å²) in [5.41, 5.74) is 2.46. The second-order valence-electron chi connectivity index (χ2n) is 5.14. The van der Waals surface area contributed by atoms with Crippen molar-refractivity contribution >= 4 is 11.4 Å². The molecule has 0 spiro atoms. The van der Waals surface area contributed by atoms with E-state index in [-0.39, 0.29) is 5.69 Å². The predicted molar refractivity (Wildman–Crippen MR) is 81.2 cm³/mol. The van der Waals surface area contributed by atoms with E-state index in [4.69, 9.17) is 4.74 Å². The summed E-state index contributed by atoms with van der Waals surface area (Å²) in [5.74, 6) is 1.40. The number of fused-ring (bicyclic) bond motifs is 1. The van der Waals surface area contributed by atoms with Crippen molar-refractivity contribution in [3.63, 3.8) is 0 Å². The van der Waals surface area contributed by atoms with Crippen molar-refractivity contribution in [1.82, 2.24) is 0 Å². The summed E-state index contributed by atoms with van der Waals surface area (Å²) in [4.78, 5) is 12.4. The van der Waals surface area contributed by atoms with E-state index in [1.165, 1.54) is 17.7 Å². The minimum absolute atomic E-state index is 0.0644. The van der Waals surface area contributed by atoms with Gasteiger partial charge in [0.25, 0.3) is 5.69 Å². The lowest BCUT2D eigenvalue weighted by Gasteiger charge is -2.29. The highest BCUT2D eigenvalue weighted by Gasteiger charge is 2.18. The van der Waals surface area contributed by atoms with Crippen LogP contribution in [-0.2, 0) is 6.42 Å². The SMILES string of the molecule is CN1CCCc2cccc(Oc3ccc([N+](=O)[O-])cc3)c21. The Morgan fingerprint density at radius 2 is 1.95 bits per heavy atom. The summed E-state index contributed by atoms with van der Waals surface area (Å²) < 4.78 is 5.92. The molecular formula is C16H16N2O3. The van der Waals surface area contributed by atoms with E-state index in [0.29, 0.717) is 5.75 Å². The molecular weight excluding hydrogens is 268 g/mol. The first-order valence-corrected chi connectivity index (χ1v) is 6.90. The van der Waals surface area contributed by atoms with Crippen LogP contribution in [0.1, 0.15) is 12.0 Å². The van der Waals surface area contributed by atoms with Crippen LogP contribution in [0.5, 0.6) is 11.5 Å². The Morgan fingerprint density at radius 3 is 2.67 bits per heavy atom. The normalized spacial score (nSPS) is 13.7. The van der Waals surface area contributed by atoms with Gasteiger partial charge in [0.15, 0.2) is 5.75 Å². The Kier molecular flexibility index (Phi) is 3.48. The molecule has 0 amide bonds. The van der Waals surface area contributed by atoms with Crippen LogP contribution in [0.4, 0.5) is 11.4 Å². The van der Waals surface area contributed by atoms with Gasteiger partial charge in [0.05, 0.1) is 10.6 Å². The molecule has 0 radical (unpaired) electrons. The van der Waals surface area contributed by atoms with Crippen LogP contribution in [0.25, 0.3) is 0 Å². The Bertz CT molecular complexity index is 668. The van der Waals surface area contributed by atoms with Crippen LogP contribution in [0.2, 0.25) is 0 Å². The third kappa shape index (κ3) is 2.67. The molecule has 1 aliphatic rings. The molecule has 0 bridgehead atoms. The molecule has 1 heterocycles. The molecule has 0 aromatic heterocycles. The Balaban J connectivity index is 1.90. The number of nitro benzene ring substituents is 1. The second-order valence-corrected chi connectivity index (χ2v) is 5.14. The van der Waals surface area contributed by atoms with Crippen molar-refractivity contribution < 1.29 is 9.66 Å². The first-order valence-electron chi connectivity index (χ1n) is 6.90. The second kappa shape index (κ2) is 5.44. The zero-order valence-electron chi connectivity index (χ0n) is 11.8. The fourth-order valence-electron chi connectivity index (χ4n) is 2.67. The quantitative estimate of drug-likeness (QED) is 0.636. The Morgan fingerprint density at radius 1 is 1.19 bits per heavy atom. The highest BCUT2D eigenvalue weighted by atomic mass is 16.6. The molecule has 0 unspecified atom stereocenters. The van der Waals surface area contributed by atoms with E-state index in [1.54, 1.807) is 12.1 Å². The van der Waals surface area contributed by atoms with Crippen molar-refractivity contribution in [3.8, 4) is 11.5 Å². The zero-order chi connectivity index (χ0) is 14.8. The van der Waals surface area contributed by atoms with Gasteiger partial charge in [0, 0.05) is 25.7 Å². The van der Waals surface area contributed by atoms with Gasteiger partial charge in [-0.05, 0) is 36.6 Å². The molecule has 2 aromatic carbocycles. The number of para-hydroxylation sites is 1. The molecule has 0 saturated heterocycles.